The van der Waals surface area contributed by atoms with Crippen LogP contribution in [0.3, 0.4) is 0 Å². The van der Waals surface area contributed by atoms with Gasteiger partial charge in [0.15, 0.2) is 0 Å². The third-order valence-corrected chi connectivity index (χ3v) is 3.70. The molecular weight excluding hydrogens is 264 g/mol. The molecule has 0 saturated carbocycles. The van der Waals surface area contributed by atoms with Crippen LogP contribution >= 0.6 is 15.9 Å². The Kier molecular flexibility index (Phi) is 4.22. The van der Waals surface area contributed by atoms with E-state index in [-0.39, 0.29) is 6.54 Å². The second kappa shape index (κ2) is 5.03. The maximum absolute atomic E-state index is 12.7. The summed E-state index contributed by atoms with van der Waals surface area (Å²) < 4.78 is 26.3. The first-order valence-electron chi connectivity index (χ1n) is 4.72. The Bertz CT molecular complexity index is 329. The summed E-state index contributed by atoms with van der Waals surface area (Å²) in [6.07, 6.45) is -2.41. The molecule has 0 aliphatic heterocycles. The lowest BCUT2D eigenvalue weighted by Gasteiger charge is -2.16. The van der Waals surface area contributed by atoms with Crippen molar-refractivity contribution in [2.45, 2.75) is 26.2 Å². The SMILES string of the molecule is Cc1cc(C(CN)C(F)F)cc(C)c1Br. The quantitative estimate of drug-likeness (QED) is 0.901. The van der Waals surface area contributed by atoms with Gasteiger partial charge in [-0.15, -0.1) is 0 Å². The normalized spacial score (nSPS) is 13.3. The third-order valence-electron chi connectivity index (χ3n) is 2.45. The molecule has 84 valence electrons. The van der Waals surface area contributed by atoms with E-state index in [1.54, 1.807) is 12.1 Å². The van der Waals surface area contributed by atoms with Crippen molar-refractivity contribution in [3.05, 3.63) is 33.3 Å². The highest BCUT2D eigenvalue weighted by Gasteiger charge is 2.21. The molecule has 0 amide bonds. The highest BCUT2D eigenvalue weighted by molar-refractivity contribution is 9.10. The minimum absolute atomic E-state index is 0.0296. The number of aryl methyl sites for hydroxylation is 2. The zero-order chi connectivity index (χ0) is 11.6. The summed E-state index contributed by atoms with van der Waals surface area (Å²) >= 11 is 3.40. The van der Waals surface area contributed by atoms with Gasteiger partial charge in [0.2, 0.25) is 6.43 Å². The smallest absolute Gasteiger partial charge is 0.246 e. The van der Waals surface area contributed by atoms with Gasteiger partial charge in [0.1, 0.15) is 0 Å². The summed E-state index contributed by atoms with van der Waals surface area (Å²) in [5.41, 5.74) is 7.89. The molecule has 1 atom stereocenters. The van der Waals surface area contributed by atoms with Gasteiger partial charge in [-0.2, -0.15) is 0 Å². The lowest BCUT2D eigenvalue weighted by Crippen LogP contribution is -2.19. The van der Waals surface area contributed by atoms with E-state index in [1.807, 2.05) is 13.8 Å². The second-order valence-corrected chi connectivity index (χ2v) is 4.44. The molecule has 0 aliphatic rings. The first kappa shape index (κ1) is 12.6. The Hall–Kier alpha value is -0.480. The topological polar surface area (TPSA) is 26.0 Å². The molecule has 0 aliphatic carbocycles. The Labute approximate surface area is 96.8 Å². The number of hydrogen-bond donors (Lipinski definition) is 1. The maximum Gasteiger partial charge on any atom is 0.246 e. The molecule has 0 fully saturated rings. The molecule has 1 aromatic rings. The van der Waals surface area contributed by atoms with Crippen molar-refractivity contribution >= 4 is 15.9 Å². The highest BCUT2D eigenvalue weighted by Crippen LogP contribution is 2.29. The summed E-state index contributed by atoms with van der Waals surface area (Å²) in [5.74, 6) is -0.865. The lowest BCUT2D eigenvalue weighted by atomic mass is 9.96. The molecule has 2 N–H and O–H groups in total. The molecule has 1 unspecified atom stereocenters. The molecule has 0 spiro atoms. The first-order valence-corrected chi connectivity index (χ1v) is 5.51. The van der Waals surface area contributed by atoms with Crippen LogP contribution in [0.1, 0.15) is 22.6 Å². The molecule has 4 heteroatoms. The molecule has 0 saturated heterocycles. The second-order valence-electron chi connectivity index (χ2n) is 3.65. The minimum Gasteiger partial charge on any atom is -0.330 e. The van der Waals surface area contributed by atoms with Crippen LogP contribution in [0.25, 0.3) is 0 Å². The van der Waals surface area contributed by atoms with Gasteiger partial charge in [-0.3, -0.25) is 0 Å². The third kappa shape index (κ3) is 2.75. The predicted molar refractivity (Wildman–Crippen MR) is 61.4 cm³/mol. The van der Waals surface area contributed by atoms with Crippen molar-refractivity contribution in [1.29, 1.82) is 0 Å². The molecule has 0 aromatic heterocycles. The Morgan fingerprint density at radius 2 is 1.73 bits per heavy atom. The van der Waals surface area contributed by atoms with Crippen molar-refractivity contribution in [1.82, 2.24) is 0 Å². The number of benzene rings is 1. The van der Waals surface area contributed by atoms with Gasteiger partial charge in [-0.1, -0.05) is 28.1 Å². The maximum atomic E-state index is 12.7. The van der Waals surface area contributed by atoms with Crippen molar-refractivity contribution < 1.29 is 8.78 Å². The summed E-state index contributed by atoms with van der Waals surface area (Å²) in [4.78, 5) is 0. The fourth-order valence-corrected chi connectivity index (χ4v) is 1.81. The van der Waals surface area contributed by atoms with Gasteiger partial charge in [0.05, 0.1) is 5.92 Å². The van der Waals surface area contributed by atoms with Gasteiger partial charge in [0.25, 0.3) is 0 Å². The Morgan fingerprint density at radius 3 is 2.07 bits per heavy atom. The van der Waals surface area contributed by atoms with Crippen LogP contribution in [0.4, 0.5) is 8.78 Å². The molecular formula is C11H14BrF2N. The van der Waals surface area contributed by atoms with Crippen LogP contribution in [-0.2, 0) is 0 Å². The highest BCUT2D eigenvalue weighted by atomic mass is 79.9. The van der Waals surface area contributed by atoms with E-state index in [0.29, 0.717) is 5.56 Å². The fourth-order valence-electron chi connectivity index (χ4n) is 1.58. The van der Waals surface area contributed by atoms with Gasteiger partial charge in [-0.25, -0.2) is 8.78 Å². The van der Waals surface area contributed by atoms with Crippen LogP contribution in [0.5, 0.6) is 0 Å². The zero-order valence-corrected chi connectivity index (χ0v) is 10.3. The van der Waals surface area contributed by atoms with Crippen LogP contribution < -0.4 is 5.73 Å². The van der Waals surface area contributed by atoms with E-state index in [9.17, 15) is 8.78 Å². The average molecular weight is 278 g/mol. The van der Waals surface area contributed by atoms with Crippen molar-refractivity contribution in [3.8, 4) is 0 Å². The summed E-state index contributed by atoms with van der Waals surface area (Å²) in [7, 11) is 0. The number of alkyl halides is 2. The van der Waals surface area contributed by atoms with E-state index < -0.39 is 12.3 Å². The van der Waals surface area contributed by atoms with E-state index in [0.717, 1.165) is 15.6 Å². The fraction of sp³-hybridized carbons (Fsp3) is 0.455. The Balaban J connectivity index is 3.14. The molecule has 15 heavy (non-hydrogen) atoms. The number of rotatable bonds is 3. The van der Waals surface area contributed by atoms with Gasteiger partial charge in [-0.05, 0) is 30.5 Å². The molecule has 1 aromatic carbocycles. The lowest BCUT2D eigenvalue weighted by molar-refractivity contribution is 0.117. The predicted octanol–water partition coefficient (Wildman–Crippen LogP) is 3.37. The van der Waals surface area contributed by atoms with Crippen LogP contribution in [0, 0.1) is 13.8 Å². The van der Waals surface area contributed by atoms with Gasteiger partial charge < -0.3 is 5.73 Å². The molecule has 0 radical (unpaired) electrons. The van der Waals surface area contributed by atoms with Crippen LogP contribution in [-0.4, -0.2) is 13.0 Å². The number of halogens is 3. The summed E-state index contributed by atoms with van der Waals surface area (Å²) in [5, 5.41) is 0. The van der Waals surface area contributed by atoms with Gasteiger partial charge in [0, 0.05) is 11.0 Å². The minimum atomic E-state index is -2.41. The van der Waals surface area contributed by atoms with E-state index >= 15 is 0 Å². The van der Waals surface area contributed by atoms with Crippen molar-refractivity contribution in [2.75, 3.05) is 6.54 Å². The Morgan fingerprint density at radius 1 is 1.27 bits per heavy atom. The summed E-state index contributed by atoms with van der Waals surface area (Å²) in [6, 6.07) is 3.53. The number of hydrogen-bond acceptors (Lipinski definition) is 1. The van der Waals surface area contributed by atoms with Crippen LogP contribution in [0.15, 0.2) is 16.6 Å². The summed E-state index contributed by atoms with van der Waals surface area (Å²) in [6.45, 7) is 3.75. The average Bonchev–Trinajstić information content (AvgIpc) is 2.14. The molecule has 0 heterocycles. The van der Waals surface area contributed by atoms with Crippen molar-refractivity contribution in [2.24, 2.45) is 5.73 Å². The standard InChI is InChI=1S/C11H14BrF2N/c1-6-3-8(4-7(2)10(6)12)9(5-15)11(13)14/h3-4,9,11H,5,15H2,1-2H3. The monoisotopic (exact) mass is 277 g/mol. The van der Waals surface area contributed by atoms with Gasteiger partial charge >= 0.3 is 0 Å². The molecule has 1 nitrogen and oxygen atoms in total. The zero-order valence-electron chi connectivity index (χ0n) is 8.73. The molecule has 0 bridgehead atoms. The largest absolute Gasteiger partial charge is 0.330 e. The van der Waals surface area contributed by atoms with Crippen LogP contribution in [0.2, 0.25) is 0 Å². The molecule has 1 rings (SSSR count). The number of nitrogens with two attached hydrogens (primary N) is 1. The van der Waals surface area contributed by atoms with E-state index in [2.05, 4.69) is 15.9 Å². The van der Waals surface area contributed by atoms with E-state index in [4.69, 9.17) is 5.73 Å². The first-order chi connectivity index (χ1) is 6.97. The van der Waals surface area contributed by atoms with Crippen molar-refractivity contribution in [3.63, 3.8) is 0 Å². The van der Waals surface area contributed by atoms with E-state index in [1.165, 1.54) is 0 Å².